The Morgan fingerprint density at radius 2 is 2.00 bits per heavy atom. The Kier molecular flexibility index (Phi) is 5.76. The number of benzene rings is 1. The molecule has 0 aliphatic carbocycles. The summed E-state index contributed by atoms with van der Waals surface area (Å²) in [4.78, 5) is -0.377. The third kappa shape index (κ3) is 3.67. The van der Waals surface area contributed by atoms with Gasteiger partial charge in [-0.1, -0.05) is 20.3 Å². The van der Waals surface area contributed by atoms with Crippen LogP contribution in [0.15, 0.2) is 21.5 Å². The number of rotatable bonds is 6. The summed E-state index contributed by atoms with van der Waals surface area (Å²) in [6, 6.07) is 2.50. The molecule has 0 bridgehead atoms. The molecule has 2 N–H and O–H groups in total. The van der Waals surface area contributed by atoms with Crippen LogP contribution < -0.4 is 5.73 Å². The van der Waals surface area contributed by atoms with Gasteiger partial charge in [0.25, 0.3) is 0 Å². The minimum atomic E-state index is -3.85. The summed E-state index contributed by atoms with van der Waals surface area (Å²) in [5.41, 5.74) is 5.79. The lowest BCUT2D eigenvalue weighted by atomic mass is 10.3. The van der Waals surface area contributed by atoms with Crippen LogP contribution in [0.2, 0.25) is 0 Å². The van der Waals surface area contributed by atoms with Gasteiger partial charge in [0.2, 0.25) is 10.0 Å². The second-order valence-electron chi connectivity index (χ2n) is 4.17. The minimum absolute atomic E-state index is 0.0534. The lowest BCUT2D eigenvalue weighted by Crippen LogP contribution is -2.32. The number of nitrogen functional groups attached to an aromatic ring is 1. The van der Waals surface area contributed by atoms with E-state index in [1.54, 1.807) is 6.92 Å². The van der Waals surface area contributed by atoms with Crippen molar-refractivity contribution in [2.45, 2.75) is 31.6 Å². The number of nitrogens with zero attached hydrogens (tertiary/aromatic N) is 1. The monoisotopic (exact) mass is 352 g/mol. The summed E-state index contributed by atoms with van der Waals surface area (Å²) in [6.45, 7) is 4.37. The molecule has 0 aliphatic rings. The quantitative estimate of drug-likeness (QED) is 0.800. The summed E-state index contributed by atoms with van der Waals surface area (Å²) in [7, 11) is -3.85. The maximum absolute atomic E-state index is 14.0. The fourth-order valence-electron chi connectivity index (χ4n) is 1.69. The number of nitrogens with two attached hydrogens (primary N) is 1. The molecule has 0 aliphatic heterocycles. The molecule has 0 saturated heterocycles. The van der Waals surface area contributed by atoms with E-state index in [-0.39, 0.29) is 15.1 Å². The van der Waals surface area contributed by atoms with Crippen molar-refractivity contribution in [3.05, 3.63) is 22.4 Å². The number of sulfonamides is 1. The van der Waals surface area contributed by atoms with Crippen LogP contribution in [0, 0.1) is 5.82 Å². The smallest absolute Gasteiger partial charge is 0.246 e. The van der Waals surface area contributed by atoms with Gasteiger partial charge in [0.1, 0.15) is 4.90 Å². The molecule has 0 amide bonds. The molecule has 1 aromatic rings. The zero-order valence-electron chi connectivity index (χ0n) is 11.0. The summed E-state index contributed by atoms with van der Waals surface area (Å²) in [6.07, 6.45) is 1.60. The summed E-state index contributed by atoms with van der Waals surface area (Å²) < 4.78 is 40.1. The second-order valence-corrected chi connectivity index (χ2v) is 6.93. The topological polar surface area (TPSA) is 63.4 Å². The molecule has 108 valence electrons. The predicted molar refractivity (Wildman–Crippen MR) is 77.9 cm³/mol. The van der Waals surface area contributed by atoms with E-state index in [0.29, 0.717) is 13.1 Å². The normalized spacial score (nSPS) is 12.1. The average Bonchev–Trinajstić information content (AvgIpc) is 2.34. The molecule has 19 heavy (non-hydrogen) atoms. The van der Waals surface area contributed by atoms with E-state index in [9.17, 15) is 12.8 Å². The first-order chi connectivity index (χ1) is 8.84. The zero-order chi connectivity index (χ0) is 14.6. The van der Waals surface area contributed by atoms with E-state index in [2.05, 4.69) is 15.9 Å². The van der Waals surface area contributed by atoms with Crippen molar-refractivity contribution in [2.75, 3.05) is 18.8 Å². The van der Waals surface area contributed by atoms with E-state index in [0.717, 1.165) is 18.9 Å². The third-order valence-electron chi connectivity index (χ3n) is 2.75. The van der Waals surface area contributed by atoms with Crippen molar-refractivity contribution in [1.82, 2.24) is 4.31 Å². The fourth-order valence-corrected chi connectivity index (χ4v) is 3.91. The SMILES string of the molecule is CCCCN(CC)S(=O)(=O)c1cc(N)cc(Br)c1F. The highest BCUT2D eigenvalue weighted by Crippen LogP contribution is 2.28. The predicted octanol–water partition coefficient (Wildman–Crippen LogP) is 2.98. The molecule has 1 aromatic carbocycles. The molecule has 0 saturated carbocycles. The number of hydrogen-bond donors (Lipinski definition) is 1. The fraction of sp³-hybridized carbons (Fsp3) is 0.500. The molecule has 0 radical (unpaired) electrons. The van der Waals surface area contributed by atoms with Gasteiger partial charge in [-0.2, -0.15) is 4.31 Å². The molecule has 4 nitrogen and oxygen atoms in total. The number of hydrogen-bond acceptors (Lipinski definition) is 3. The molecule has 0 atom stereocenters. The van der Waals surface area contributed by atoms with E-state index < -0.39 is 15.8 Å². The van der Waals surface area contributed by atoms with E-state index in [1.165, 1.54) is 10.4 Å². The highest BCUT2D eigenvalue weighted by atomic mass is 79.9. The van der Waals surface area contributed by atoms with Crippen LogP contribution in [0.1, 0.15) is 26.7 Å². The van der Waals surface area contributed by atoms with Crippen LogP contribution in [0.4, 0.5) is 10.1 Å². The first-order valence-corrected chi connectivity index (χ1v) is 8.32. The van der Waals surface area contributed by atoms with Gasteiger partial charge < -0.3 is 5.73 Å². The van der Waals surface area contributed by atoms with Crippen LogP contribution in [-0.4, -0.2) is 25.8 Å². The van der Waals surface area contributed by atoms with E-state index in [4.69, 9.17) is 5.73 Å². The molecule has 0 aromatic heterocycles. The lowest BCUT2D eigenvalue weighted by molar-refractivity contribution is 0.415. The van der Waals surface area contributed by atoms with Crippen LogP contribution in [0.25, 0.3) is 0 Å². The number of halogens is 2. The van der Waals surface area contributed by atoms with Crippen LogP contribution in [-0.2, 0) is 10.0 Å². The Morgan fingerprint density at radius 1 is 1.37 bits per heavy atom. The molecule has 0 unspecified atom stereocenters. The molecule has 7 heteroatoms. The van der Waals surface area contributed by atoms with E-state index in [1.807, 2.05) is 6.92 Å². The van der Waals surface area contributed by atoms with Gasteiger partial charge in [-0.25, -0.2) is 12.8 Å². The molecular formula is C12H18BrFN2O2S. The Labute approximate surface area is 122 Å². The van der Waals surface area contributed by atoms with Crippen LogP contribution in [0.5, 0.6) is 0 Å². The van der Waals surface area contributed by atoms with Crippen LogP contribution >= 0.6 is 15.9 Å². The van der Waals surface area contributed by atoms with Gasteiger partial charge in [0.15, 0.2) is 5.82 Å². The van der Waals surface area contributed by atoms with Gasteiger partial charge in [0, 0.05) is 18.8 Å². The lowest BCUT2D eigenvalue weighted by Gasteiger charge is -2.21. The molecule has 0 spiro atoms. The largest absolute Gasteiger partial charge is 0.399 e. The van der Waals surface area contributed by atoms with Gasteiger partial charge in [-0.3, -0.25) is 0 Å². The van der Waals surface area contributed by atoms with Crippen molar-refractivity contribution in [2.24, 2.45) is 0 Å². The highest BCUT2D eigenvalue weighted by Gasteiger charge is 2.27. The summed E-state index contributed by atoms with van der Waals surface area (Å²) in [5.74, 6) is -0.802. The first-order valence-electron chi connectivity index (χ1n) is 6.09. The minimum Gasteiger partial charge on any atom is -0.399 e. The van der Waals surface area contributed by atoms with Crippen molar-refractivity contribution in [3.63, 3.8) is 0 Å². The molecule has 0 heterocycles. The first kappa shape index (κ1) is 16.4. The Morgan fingerprint density at radius 3 is 2.53 bits per heavy atom. The Hall–Kier alpha value is -0.660. The second kappa shape index (κ2) is 6.67. The molecule has 1 rings (SSSR count). The summed E-state index contributed by atoms with van der Waals surface area (Å²) in [5, 5.41) is 0. The van der Waals surface area contributed by atoms with Gasteiger partial charge >= 0.3 is 0 Å². The van der Waals surface area contributed by atoms with E-state index >= 15 is 0 Å². The van der Waals surface area contributed by atoms with Gasteiger partial charge in [-0.05, 0) is 34.5 Å². The zero-order valence-corrected chi connectivity index (χ0v) is 13.4. The van der Waals surface area contributed by atoms with Crippen molar-refractivity contribution in [1.29, 1.82) is 0 Å². The number of anilines is 1. The van der Waals surface area contributed by atoms with Crippen molar-refractivity contribution in [3.8, 4) is 0 Å². The average molecular weight is 353 g/mol. The number of unbranched alkanes of at least 4 members (excludes halogenated alkanes) is 1. The van der Waals surface area contributed by atoms with Gasteiger partial charge in [-0.15, -0.1) is 0 Å². The highest BCUT2D eigenvalue weighted by molar-refractivity contribution is 9.10. The maximum Gasteiger partial charge on any atom is 0.246 e. The summed E-state index contributed by atoms with van der Waals surface area (Å²) >= 11 is 2.98. The Balaban J connectivity index is 3.25. The maximum atomic E-state index is 14.0. The van der Waals surface area contributed by atoms with Crippen molar-refractivity contribution < 1.29 is 12.8 Å². The third-order valence-corrected chi connectivity index (χ3v) is 5.30. The molecular weight excluding hydrogens is 335 g/mol. The van der Waals surface area contributed by atoms with Gasteiger partial charge in [0.05, 0.1) is 4.47 Å². The van der Waals surface area contributed by atoms with Crippen LogP contribution in [0.3, 0.4) is 0 Å². The molecule has 0 fully saturated rings. The standard InChI is InChI=1S/C12H18BrFN2O2S/c1-3-5-6-16(4-2)19(17,18)11-8-9(15)7-10(13)12(11)14/h7-8H,3-6,15H2,1-2H3. The van der Waals surface area contributed by atoms with Crippen molar-refractivity contribution >= 4 is 31.6 Å². The Bertz CT molecular complexity index is 549.